The fourth-order valence-electron chi connectivity index (χ4n) is 3.73. The van der Waals surface area contributed by atoms with Crippen LogP contribution in [0.3, 0.4) is 0 Å². The molecule has 0 saturated carbocycles. The van der Waals surface area contributed by atoms with Crippen molar-refractivity contribution in [2.24, 2.45) is 11.8 Å². The number of carbonyl (C=O) groups excluding carboxylic acids is 1. The molecule has 96 valence electrons. The third-order valence-corrected chi connectivity index (χ3v) is 4.55. The van der Waals surface area contributed by atoms with Gasteiger partial charge >= 0.3 is 0 Å². The molecule has 2 heterocycles. The summed E-state index contributed by atoms with van der Waals surface area (Å²) >= 11 is 0. The second-order valence-corrected chi connectivity index (χ2v) is 5.92. The molecule has 2 saturated heterocycles. The molecule has 0 bridgehead atoms. The van der Waals surface area contributed by atoms with E-state index in [2.05, 4.69) is 25.3 Å². The Balaban J connectivity index is 2.19. The van der Waals surface area contributed by atoms with Crippen LogP contribution in [0.4, 0.5) is 0 Å². The van der Waals surface area contributed by atoms with Crippen molar-refractivity contribution in [1.29, 1.82) is 0 Å². The summed E-state index contributed by atoms with van der Waals surface area (Å²) in [5.41, 5.74) is 0. The van der Waals surface area contributed by atoms with E-state index in [9.17, 15) is 4.79 Å². The minimum absolute atomic E-state index is 0.391. The van der Waals surface area contributed by atoms with E-state index in [0.29, 0.717) is 29.8 Å². The molecule has 2 aliphatic rings. The van der Waals surface area contributed by atoms with E-state index in [4.69, 9.17) is 0 Å². The summed E-state index contributed by atoms with van der Waals surface area (Å²) < 4.78 is 0. The molecule has 0 aromatic carbocycles. The first-order chi connectivity index (χ1) is 8.15. The summed E-state index contributed by atoms with van der Waals surface area (Å²) in [5, 5.41) is 0. The van der Waals surface area contributed by atoms with Gasteiger partial charge in [0.25, 0.3) is 0 Å². The molecule has 2 heteroatoms. The number of carbonyl (C=O) groups is 1. The Hall–Kier alpha value is -0.790. The number of fused-ring (bicyclic) bond motifs is 1. The minimum Gasteiger partial charge on any atom is -0.336 e. The number of hydrogen-bond acceptors (Lipinski definition) is 1. The van der Waals surface area contributed by atoms with Crippen molar-refractivity contribution in [1.82, 2.24) is 4.90 Å². The SMILES string of the molecule is C=CC[C@@H]1CC[C@H]2[C@@H](C(C)C)CCCC(=O)N12. The highest BCUT2D eigenvalue weighted by atomic mass is 16.2. The first-order valence-corrected chi connectivity index (χ1v) is 7.07. The highest BCUT2D eigenvalue weighted by molar-refractivity contribution is 5.77. The smallest absolute Gasteiger partial charge is 0.223 e. The average molecular weight is 235 g/mol. The molecule has 2 nitrogen and oxygen atoms in total. The number of nitrogens with zero attached hydrogens (tertiary/aromatic N) is 1. The predicted molar refractivity (Wildman–Crippen MR) is 70.6 cm³/mol. The molecule has 2 aliphatic heterocycles. The summed E-state index contributed by atoms with van der Waals surface area (Å²) in [6, 6.07) is 0.944. The van der Waals surface area contributed by atoms with Crippen LogP contribution in [-0.2, 0) is 4.79 Å². The largest absolute Gasteiger partial charge is 0.336 e. The van der Waals surface area contributed by atoms with Gasteiger partial charge in [0.2, 0.25) is 5.91 Å². The molecule has 0 N–H and O–H groups in total. The lowest BCUT2D eigenvalue weighted by atomic mass is 9.84. The molecule has 0 aromatic rings. The van der Waals surface area contributed by atoms with Crippen LogP contribution in [0.5, 0.6) is 0 Å². The molecule has 3 atom stereocenters. The van der Waals surface area contributed by atoms with Gasteiger partial charge in [0.1, 0.15) is 0 Å². The van der Waals surface area contributed by atoms with Gasteiger partial charge in [0, 0.05) is 18.5 Å². The van der Waals surface area contributed by atoms with Crippen molar-refractivity contribution in [3.8, 4) is 0 Å². The molecule has 2 fully saturated rings. The van der Waals surface area contributed by atoms with Crippen LogP contribution in [-0.4, -0.2) is 22.9 Å². The van der Waals surface area contributed by atoms with E-state index in [1.54, 1.807) is 0 Å². The van der Waals surface area contributed by atoms with Crippen molar-refractivity contribution in [3.05, 3.63) is 12.7 Å². The Morgan fingerprint density at radius 2 is 2.18 bits per heavy atom. The zero-order valence-corrected chi connectivity index (χ0v) is 11.2. The zero-order valence-electron chi connectivity index (χ0n) is 11.2. The van der Waals surface area contributed by atoms with Gasteiger partial charge < -0.3 is 4.90 Å². The van der Waals surface area contributed by atoms with E-state index in [1.165, 1.54) is 19.3 Å². The summed E-state index contributed by atoms with van der Waals surface area (Å²) in [7, 11) is 0. The second-order valence-electron chi connectivity index (χ2n) is 5.92. The molecule has 17 heavy (non-hydrogen) atoms. The standard InChI is InChI=1S/C15H25NO/c1-4-6-12-9-10-14-13(11(2)3)7-5-8-15(17)16(12)14/h4,11-14H,1,5-10H2,2-3H3/t12-,13-,14+/m1/s1. The summed E-state index contributed by atoms with van der Waals surface area (Å²) in [4.78, 5) is 14.5. The van der Waals surface area contributed by atoms with Crippen LogP contribution in [0.15, 0.2) is 12.7 Å². The van der Waals surface area contributed by atoms with Crippen LogP contribution >= 0.6 is 0 Å². The van der Waals surface area contributed by atoms with E-state index in [-0.39, 0.29) is 0 Å². The van der Waals surface area contributed by atoms with E-state index in [1.807, 2.05) is 6.08 Å². The third-order valence-electron chi connectivity index (χ3n) is 4.55. The van der Waals surface area contributed by atoms with E-state index >= 15 is 0 Å². The number of rotatable bonds is 3. The van der Waals surface area contributed by atoms with Gasteiger partial charge in [0.05, 0.1) is 0 Å². The van der Waals surface area contributed by atoms with E-state index in [0.717, 1.165) is 19.3 Å². The Morgan fingerprint density at radius 3 is 2.82 bits per heavy atom. The lowest BCUT2D eigenvalue weighted by molar-refractivity contribution is -0.134. The maximum atomic E-state index is 12.2. The number of hydrogen-bond donors (Lipinski definition) is 0. The van der Waals surface area contributed by atoms with Gasteiger partial charge in [-0.05, 0) is 43.9 Å². The van der Waals surface area contributed by atoms with Crippen LogP contribution < -0.4 is 0 Å². The normalized spacial score (nSPS) is 33.7. The minimum atomic E-state index is 0.391. The molecular formula is C15H25NO. The molecular weight excluding hydrogens is 210 g/mol. The molecule has 0 unspecified atom stereocenters. The fraction of sp³-hybridized carbons (Fsp3) is 0.800. The van der Waals surface area contributed by atoms with Crippen LogP contribution in [0.2, 0.25) is 0 Å². The van der Waals surface area contributed by atoms with Gasteiger partial charge in [-0.15, -0.1) is 6.58 Å². The molecule has 0 spiro atoms. The topological polar surface area (TPSA) is 20.3 Å². The van der Waals surface area contributed by atoms with Crippen LogP contribution in [0.1, 0.15) is 52.4 Å². The quantitative estimate of drug-likeness (QED) is 0.687. The lowest BCUT2D eigenvalue weighted by Gasteiger charge is -2.34. The molecule has 0 radical (unpaired) electrons. The van der Waals surface area contributed by atoms with Gasteiger partial charge in [-0.1, -0.05) is 19.9 Å². The van der Waals surface area contributed by atoms with Gasteiger partial charge in [-0.25, -0.2) is 0 Å². The Bertz CT molecular complexity index is 297. The Morgan fingerprint density at radius 1 is 1.41 bits per heavy atom. The maximum Gasteiger partial charge on any atom is 0.223 e. The molecule has 1 amide bonds. The highest BCUT2D eigenvalue weighted by Crippen LogP contribution is 2.39. The van der Waals surface area contributed by atoms with Crippen molar-refractivity contribution in [3.63, 3.8) is 0 Å². The highest BCUT2D eigenvalue weighted by Gasteiger charge is 2.42. The molecule has 2 rings (SSSR count). The molecule has 0 aromatic heterocycles. The zero-order chi connectivity index (χ0) is 12.4. The van der Waals surface area contributed by atoms with Gasteiger partial charge in [-0.3, -0.25) is 4.79 Å². The van der Waals surface area contributed by atoms with Crippen molar-refractivity contribution in [2.75, 3.05) is 0 Å². The predicted octanol–water partition coefficient (Wildman–Crippen LogP) is 3.38. The third kappa shape index (κ3) is 2.41. The van der Waals surface area contributed by atoms with Crippen molar-refractivity contribution >= 4 is 5.91 Å². The van der Waals surface area contributed by atoms with Crippen LogP contribution in [0, 0.1) is 11.8 Å². The van der Waals surface area contributed by atoms with E-state index < -0.39 is 0 Å². The van der Waals surface area contributed by atoms with Crippen LogP contribution in [0.25, 0.3) is 0 Å². The van der Waals surface area contributed by atoms with Crippen molar-refractivity contribution in [2.45, 2.75) is 64.5 Å². The lowest BCUT2D eigenvalue weighted by Crippen LogP contribution is -2.43. The summed E-state index contributed by atoms with van der Waals surface area (Å²) in [6.07, 6.45) is 8.37. The Kier molecular flexibility index (Phi) is 3.90. The summed E-state index contributed by atoms with van der Waals surface area (Å²) in [6.45, 7) is 8.44. The molecule has 0 aliphatic carbocycles. The van der Waals surface area contributed by atoms with Crippen molar-refractivity contribution < 1.29 is 4.79 Å². The number of amides is 1. The Labute approximate surface area is 105 Å². The second kappa shape index (κ2) is 5.24. The first kappa shape index (κ1) is 12.7. The van der Waals surface area contributed by atoms with Gasteiger partial charge in [-0.2, -0.15) is 0 Å². The van der Waals surface area contributed by atoms with Gasteiger partial charge in [0.15, 0.2) is 0 Å². The fourth-order valence-corrected chi connectivity index (χ4v) is 3.73. The maximum absolute atomic E-state index is 12.2. The summed E-state index contributed by atoms with van der Waals surface area (Å²) in [5.74, 6) is 1.79. The monoisotopic (exact) mass is 235 g/mol. The first-order valence-electron chi connectivity index (χ1n) is 7.07. The average Bonchev–Trinajstić information content (AvgIpc) is 2.60.